The predicted molar refractivity (Wildman–Crippen MR) is 82.5 cm³/mol. The second kappa shape index (κ2) is 6.72. The summed E-state index contributed by atoms with van der Waals surface area (Å²) in [5.41, 5.74) is -0.673. The molecule has 1 amide bonds. The molecule has 0 aromatic carbocycles. The molecule has 1 aliphatic heterocycles. The van der Waals surface area contributed by atoms with E-state index in [4.69, 9.17) is 0 Å². The SMILES string of the molecule is CC(C)(C(=O)NCCN1CCCCC1)n1cc(Br)cn1. The van der Waals surface area contributed by atoms with Gasteiger partial charge in [0.25, 0.3) is 0 Å². The lowest BCUT2D eigenvalue weighted by molar-refractivity contribution is -0.128. The van der Waals surface area contributed by atoms with Crippen LogP contribution in [0, 0.1) is 0 Å². The van der Waals surface area contributed by atoms with Crippen molar-refractivity contribution < 1.29 is 4.79 Å². The van der Waals surface area contributed by atoms with Gasteiger partial charge < -0.3 is 10.2 Å². The third-order valence-corrected chi connectivity index (χ3v) is 4.25. The van der Waals surface area contributed by atoms with E-state index in [2.05, 4.69) is 31.2 Å². The fraction of sp³-hybridized carbons (Fsp3) is 0.714. The first-order chi connectivity index (χ1) is 9.50. The first-order valence-corrected chi connectivity index (χ1v) is 8.01. The molecular weight excluding hydrogens is 320 g/mol. The summed E-state index contributed by atoms with van der Waals surface area (Å²) in [7, 11) is 0. The van der Waals surface area contributed by atoms with Gasteiger partial charge in [0.15, 0.2) is 0 Å². The van der Waals surface area contributed by atoms with Crippen molar-refractivity contribution in [1.82, 2.24) is 20.0 Å². The molecule has 0 aliphatic carbocycles. The first kappa shape index (κ1) is 15.5. The molecule has 0 radical (unpaired) electrons. The summed E-state index contributed by atoms with van der Waals surface area (Å²) in [6, 6.07) is 0. The molecule has 1 aromatic rings. The fourth-order valence-electron chi connectivity index (χ4n) is 2.44. The smallest absolute Gasteiger partial charge is 0.247 e. The van der Waals surface area contributed by atoms with Crippen molar-refractivity contribution >= 4 is 21.8 Å². The highest BCUT2D eigenvalue weighted by Crippen LogP contribution is 2.17. The lowest BCUT2D eigenvalue weighted by Crippen LogP contribution is -2.47. The number of nitrogens with zero attached hydrogens (tertiary/aromatic N) is 3. The van der Waals surface area contributed by atoms with Gasteiger partial charge in [-0.15, -0.1) is 0 Å². The minimum absolute atomic E-state index is 0.00473. The van der Waals surface area contributed by atoms with Gasteiger partial charge >= 0.3 is 0 Å². The summed E-state index contributed by atoms with van der Waals surface area (Å²) in [6.07, 6.45) is 7.42. The molecule has 6 heteroatoms. The van der Waals surface area contributed by atoms with Gasteiger partial charge in [0.2, 0.25) is 5.91 Å². The van der Waals surface area contributed by atoms with E-state index >= 15 is 0 Å². The summed E-state index contributed by atoms with van der Waals surface area (Å²) in [4.78, 5) is 14.7. The predicted octanol–water partition coefficient (Wildman–Crippen LogP) is 1.98. The maximum absolute atomic E-state index is 12.3. The molecule has 0 spiro atoms. The maximum atomic E-state index is 12.3. The van der Waals surface area contributed by atoms with Crippen molar-refractivity contribution in [3.8, 4) is 0 Å². The Kier molecular flexibility index (Phi) is 5.21. The summed E-state index contributed by atoms with van der Waals surface area (Å²) in [5, 5.41) is 7.23. The van der Waals surface area contributed by atoms with E-state index in [1.165, 1.54) is 19.3 Å². The fourth-order valence-corrected chi connectivity index (χ4v) is 2.72. The molecule has 0 saturated carbocycles. The molecule has 1 fully saturated rings. The number of aromatic nitrogens is 2. The van der Waals surface area contributed by atoms with Crippen LogP contribution in [0.1, 0.15) is 33.1 Å². The molecule has 2 rings (SSSR count). The Bertz CT molecular complexity index is 452. The molecule has 0 bridgehead atoms. The summed E-state index contributed by atoms with van der Waals surface area (Å²) < 4.78 is 2.57. The van der Waals surface area contributed by atoms with Gasteiger partial charge in [-0.1, -0.05) is 6.42 Å². The number of rotatable bonds is 5. The Labute approximate surface area is 128 Å². The zero-order chi connectivity index (χ0) is 14.6. The van der Waals surface area contributed by atoms with E-state index in [0.29, 0.717) is 6.54 Å². The van der Waals surface area contributed by atoms with Gasteiger partial charge in [-0.2, -0.15) is 5.10 Å². The van der Waals surface area contributed by atoms with Crippen molar-refractivity contribution in [1.29, 1.82) is 0 Å². The molecule has 1 aliphatic rings. The average molecular weight is 343 g/mol. The van der Waals surface area contributed by atoms with E-state index < -0.39 is 5.54 Å². The number of carbonyl (C=O) groups excluding carboxylic acids is 1. The number of nitrogens with one attached hydrogen (secondary N) is 1. The van der Waals surface area contributed by atoms with E-state index in [1.54, 1.807) is 10.9 Å². The van der Waals surface area contributed by atoms with Crippen molar-refractivity contribution in [3.63, 3.8) is 0 Å². The van der Waals surface area contributed by atoms with Crippen LogP contribution >= 0.6 is 15.9 Å². The van der Waals surface area contributed by atoms with Gasteiger partial charge in [0.05, 0.1) is 10.7 Å². The van der Waals surface area contributed by atoms with Crippen LogP contribution in [0.4, 0.5) is 0 Å². The Morgan fingerprint density at radius 2 is 2.10 bits per heavy atom. The van der Waals surface area contributed by atoms with Gasteiger partial charge in [-0.3, -0.25) is 9.48 Å². The van der Waals surface area contributed by atoms with Gasteiger partial charge in [-0.05, 0) is 55.7 Å². The molecule has 1 aromatic heterocycles. The number of likely N-dealkylation sites (tertiary alicyclic amines) is 1. The molecular formula is C14H23BrN4O. The van der Waals surface area contributed by atoms with Crippen LogP contribution in [0.2, 0.25) is 0 Å². The number of hydrogen-bond donors (Lipinski definition) is 1. The second-order valence-corrected chi connectivity index (χ2v) is 6.74. The minimum Gasteiger partial charge on any atom is -0.353 e. The van der Waals surface area contributed by atoms with Gasteiger partial charge in [0, 0.05) is 19.3 Å². The zero-order valence-electron chi connectivity index (χ0n) is 12.2. The van der Waals surface area contributed by atoms with Crippen molar-refractivity contribution in [3.05, 3.63) is 16.9 Å². The molecule has 112 valence electrons. The molecule has 0 atom stereocenters. The first-order valence-electron chi connectivity index (χ1n) is 7.21. The zero-order valence-corrected chi connectivity index (χ0v) is 13.8. The van der Waals surface area contributed by atoms with Crippen LogP contribution in [0.3, 0.4) is 0 Å². The topological polar surface area (TPSA) is 50.2 Å². The van der Waals surface area contributed by atoms with Gasteiger partial charge in [-0.25, -0.2) is 0 Å². The third kappa shape index (κ3) is 3.82. The summed E-state index contributed by atoms with van der Waals surface area (Å²) in [6.45, 7) is 7.71. The third-order valence-electron chi connectivity index (χ3n) is 3.84. The standard InChI is InChI=1S/C14H23BrN4O/c1-14(2,19-11-12(15)10-17-19)13(20)16-6-9-18-7-4-3-5-8-18/h10-11H,3-9H2,1-2H3,(H,16,20). The Morgan fingerprint density at radius 1 is 1.40 bits per heavy atom. The summed E-state index contributed by atoms with van der Waals surface area (Å²) in [5.74, 6) is 0.00473. The molecule has 0 unspecified atom stereocenters. The van der Waals surface area contributed by atoms with Crippen LogP contribution in [0.5, 0.6) is 0 Å². The minimum atomic E-state index is -0.673. The van der Waals surface area contributed by atoms with Crippen LogP contribution in [0.15, 0.2) is 16.9 Å². The van der Waals surface area contributed by atoms with E-state index in [9.17, 15) is 4.79 Å². The Hall–Kier alpha value is -0.880. The number of piperidine rings is 1. The van der Waals surface area contributed by atoms with Crippen molar-refractivity contribution in [2.75, 3.05) is 26.2 Å². The summed E-state index contributed by atoms with van der Waals surface area (Å²) >= 11 is 3.36. The highest BCUT2D eigenvalue weighted by Gasteiger charge is 2.30. The lowest BCUT2D eigenvalue weighted by atomic mass is 10.1. The molecule has 20 heavy (non-hydrogen) atoms. The number of amides is 1. The maximum Gasteiger partial charge on any atom is 0.247 e. The quantitative estimate of drug-likeness (QED) is 0.890. The molecule has 5 nitrogen and oxygen atoms in total. The van der Waals surface area contributed by atoms with E-state index in [0.717, 1.165) is 24.1 Å². The lowest BCUT2D eigenvalue weighted by Gasteiger charge is -2.28. The van der Waals surface area contributed by atoms with Gasteiger partial charge in [0.1, 0.15) is 5.54 Å². The van der Waals surface area contributed by atoms with E-state index in [1.807, 2.05) is 20.0 Å². The number of halogens is 1. The van der Waals surface area contributed by atoms with Crippen LogP contribution < -0.4 is 5.32 Å². The second-order valence-electron chi connectivity index (χ2n) is 5.82. The molecule has 1 saturated heterocycles. The molecule has 1 N–H and O–H groups in total. The highest BCUT2D eigenvalue weighted by atomic mass is 79.9. The molecule has 2 heterocycles. The number of hydrogen-bond acceptors (Lipinski definition) is 3. The Balaban J connectivity index is 1.81. The van der Waals surface area contributed by atoms with Crippen LogP contribution in [0.25, 0.3) is 0 Å². The van der Waals surface area contributed by atoms with Crippen LogP contribution in [-0.4, -0.2) is 46.8 Å². The number of carbonyl (C=O) groups is 1. The van der Waals surface area contributed by atoms with E-state index in [-0.39, 0.29) is 5.91 Å². The highest BCUT2D eigenvalue weighted by molar-refractivity contribution is 9.10. The largest absolute Gasteiger partial charge is 0.353 e. The average Bonchev–Trinajstić information content (AvgIpc) is 2.87. The van der Waals surface area contributed by atoms with Crippen molar-refractivity contribution in [2.24, 2.45) is 0 Å². The normalized spacial score (nSPS) is 17.1. The van der Waals surface area contributed by atoms with Crippen LogP contribution in [-0.2, 0) is 10.3 Å². The Morgan fingerprint density at radius 3 is 2.70 bits per heavy atom. The van der Waals surface area contributed by atoms with Crippen molar-refractivity contribution in [2.45, 2.75) is 38.6 Å². The monoisotopic (exact) mass is 342 g/mol.